The van der Waals surface area contributed by atoms with Crippen LogP contribution in [0.3, 0.4) is 0 Å². The number of allylic oxidation sites excluding steroid dienone is 4. The van der Waals surface area contributed by atoms with E-state index in [9.17, 15) is 9.59 Å². The van der Waals surface area contributed by atoms with Crippen LogP contribution in [-0.2, 0) is 0 Å². The fourth-order valence-electron chi connectivity index (χ4n) is 3.72. The van der Waals surface area contributed by atoms with Gasteiger partial charge < -0.3 is 18.6 Å². The third kappa shape index (κ3) is 8.23. The van der Waals surface area contributed by atoms with Crippen LogP contribution in [0.15, 0.2) is 93.2 Å². The van der Waals surface area contributed by atoms with Crippen molar-refractivity contribution in [3.8, 4) is 17.2 Å². The lowest BCUT2D eigenvalue weighted by molar-refractivity contribution is 0.0730. The first-order chi connectivity index (χ1) is 18.4. The van der Waals surface area contributed by atoms with Gasteiger partial charge in [0.15, 0.2) is 5.75 Å². The Morgan fingerprint density at radius 3 is 2.42 bits per heavy atom. The summed E-state index contributed by atoms with van der Waals surface area (Å²) in [6.07, 6.45) is 11.7. The highest BCUT2D eigenvalue weighted by Crippen LogP contribution is 2.39. The predicted molar refractivity (Wildman–Crippen MR) is 151 cm³/mol. The van der Waals surface area contributed by atoms with Crippen molar-refractivity contribution in [1.82, 2.24) is 0 Å². The van der Waals surface area contributed by atoms with E-state index in [4.69, 9.17) is 18.6 Å². The van der Waals surface area contributed by atoms with E-state index in [0.29, 0.717) is 29.7 Å². The van der Waals surface area contributed by atoms with Gasteiger partial charge in [-0.1, -0.05) is 60.6 Å². The van der Waals surface area contributed by atoms with E-state index in [1.54, 1.807) is 42.5 Å². The molecule has 3 aromatic rings. The molecule has 0 saturated heterocycles. The lowest BCUT2D eigenvalue weighted by atomic mass is 10.1. The van der Waals surface area contributed by atoms with Gasteiger partial charge in [0, 0.05) is 0 Å². The maximum atomic E-state index is 13.0. The quantitative estimate of drug-likeness (QED) is 0.0998. The molecule has 0 N–H and O–H groups in total. The van der Waals surface area contributed by atoms with Gasteiger partial charge >= 0.3 is 11.6 Å². The third-order valence-corrected chi connectivity index (χ3v) is 5.71. The van der Waals surface area contributed by atoms with Crippen LogP contribution in [0.25, 0.3) is 11.0 Å². The minimum atomic E-state index is -0.730. The van der Waals surface area contributed by atoms with E-state index in [2.05, 4.69) is 32.9 Å². The highest BCUT2D eigenvalue weighted by molar-refractivity contribution is 5.97. The Bertz CT molecular complexity index is 1360. The second-order valence-electron chi connectivity index (χ2n) is 9.13. The molecule has 0 fully saturated rings. The molecule has 0 saturated carbocycles. The van der Waals surface area contributed by atoms with Crippen molar-refractivity contribution >= 4 is 16.9 Å². The van der Waals surface area contributed by atoms with Crippen LogP contribution in [0.1, 0.15) is 63.7 Å². The van der Waals surface area contributed by atoms with Crippen molar-refractivity contribution < 1.29 is 23.4 Å². The van der Waals surface area contributed by atoms with Crippen molar-refractivity contribution in [2.45, 2.75) is 53.4 Å². The van der Waals surface area contributed by atoms with Crippen molar-refractivity contribution in [3.63, 3.8) is 0 Å². The normalized spacial score (nSPS) is 11.5. The topological polar surface area (TPSA) is 75.0 Å². The number of carbonyl (C=O) groups excluding carboxylic acids is 1. The second kappa shape index (κ2) is 14.6. The van der Waals surface area contributed by atoms with E-state index < -0.39 is 11.6 Å². The van der Waals surface area contributed by atoms with Crippen molar-refractivity contribution in [1.29, 1.82) is 0 Å². The maximum absolute atomic E-state index is 13.0. The minimum Gasteiger partial charge on any atom is -0.492 e. The summed E-state index contributed by atoms with van der Waals surface area (Å²) in [5.41, 5.74) is 2.25. The number of benzene rings is 2. The number of carbonyl (C=O) groups is 1. The minimum absolute atomic E-state index is 0.0135. The number of fused-ring (bicyclic) bond motifs is 1. The average molecular weight is 517 g/mol. The molecule has 0 aliphatic rings. The first-order valence-corrected chi connectivity index (χ1v) is 13.0. The maximum Gasteiger partial charge on any atom is 0.383 e. The Balaban J connectivity index is 1.97. The van der Waals surface area contributed by atoms with E-state index in [0.717, 1.165) is 24.8 Å². The second-order valence-corrected chi connectivity index (χ2v) is 9.13. The molecule has 6 heteroatoms. The molecule has 0 aliphatic carbocycles. The molecule has 2 aromatic carbocycles. The Hall–Kier alpha value is -4.06. The fourth-order valence-corrected chi connectivity index (χ4v) is 3.72. The molecule has 0 amide bonds. The zero-order chi connectivity index (χ0) is 27.3. The van der Waals surface area contributed by atoms with Crippen molar-refractivity contribution in [2.24, 2.45) is 0 Å². The van der Waals surface area contributed by atoms with Gasteiger partial charge in [-0.2, -0.15) is 0 Å². The molecule has 0 atom stereocenters. The smallest absolute Gasteiger partial charge is 0.383 e. The molecule has 3 rings (SSSR count). The largest absolute Gasteiger partial charge is 0.492 e. The lowest BCUT2D eigenvalue weighted by Crippen LogP contribution is -2.15. The van der Waals surface area contributed by atoms with Crippen LogP contribution in [0, 0.1) is 0 Å². The van der Waals surface area contributed by atoms with Crippen molar-refractivity contribution in [2.75, 3.05) is 13.2 Å². The zero-order valence-electron chi connectivity index (χ0n) is 22.6. The molecule has 6 nitrogen and oxygen atoms in total. The third-order valence-electron chi connectivity index (χ3n) is 5.71. The van der Waals surface area contributed by atoms with E-state index in [1.165, 1.54) is 5.57 Å². The van der Waals surface area contributed by atoms with E-state index in [-0.39, 0.29) is 23.7 Å². The summed E-state index contributed by atoms with van der Waals surface area (Å²) >= 11 is 0. The molecule has 200 valence electrons. The first kappa shape index (κ1) is 28.5. The van der Waals surface area contributed by atoms with Gasteiger partial charge in [-0.15, -0.1) is 0 Å². The van der Waals surface area contributed by atoms with Gasteiger partial charge in [0.25, 0.3) is 0 Å². The van der Waals surface area contributed by atoms with Crippen LogP contribution in [0.5, 0.6) is 17.2 Å². The molecule has 0 aliphatic heterocycles. The van der Waals surface area contributed by atoms with Crippen molar-refractivity contribution in [3.05, 3.63) is 100.0 Å². The summed E-state index contributed by atoms with van der Waals surface area (Å²) in [6.45, 7) is 8.75. The Morgan fingerprint density at radius 2 is 1.68 bits per heavy atom. The number of esters is 1. The zero-order valence-corrected chi connectivity index (χ0v) is 22.6. The van der Waals surface area contributed by atoms with Gasteiger partial charge in [0.05, 0.1) is 12.2 Å². The number of rotatable bonds is 13. The average Bonchev–Trinajstić information content (AvgIpc) is 2.90. The summed E-state index contributed by atoms with van der Waals surface area (Å²) in [4.78, 5) is 26.0. The SMILES string of the molecule is CCC=CCCOc1cccc2oc(=O)c(OC/C=C(\C)CCC=C(C)C)c(OC(=O)c3ccccc3)c12. The molecule has 38 heavy (non-hydrogen) atoms. The molecule has 1 heterocycles. The summed E-state index contributed by atoms with van der Waals surface area (Å²) < 4.78 is 23.3. The van der Waals surface area contributed by atoms with E-state index in [1.807, 2.05) is 25.1 Å². The van der Waals surface area contributed by atoms with Gasteiger partial charge in [0.2, 0.25) is 5.75 Å². The molecule has 0 bridgehead atoms. The van der Waals surface area contributed by atoms with Gasteiger partial charge in [-0.05, 0) is 76.8 Å². The highest BCUT2D eigenvalue weighted by atomic mass is 16.6. The Kier molecular flexibility index (Phi) is 11.0. The highest BCUT2D eigenvalue weighted by Gasteiger charge is 2.24. The van der Waals surface area contributed by atoms with Gasteiger partial charge in [-0.25, -0.2) is 9.59 Å². The summed E-state index contributed by atoms with van der Waals surface area (Å²) in [7, 11) is 0. The Labute approximate surface area is 224 Å². The summed E-state index contributed by atoms with van der Waals surface area (Å²) in [5.74, 6) is -0.362. The standard InChI is InChI=1S/C32H36O6/c1-5-6-7-11-21-35-26-18-13-19-27-28(26)29(38-31(33)25-16-9-8-10-17-25)30(32(34)37-27)36-22-20-24(4)15-12-14-23(2)3/h6-10,13-14,16-20H,5,11-12,15,21-22H2,1-4H3/b7-6?,24-20+. The molecule has 0 spiro atoms. The number of hydrogen-bond donors (Lipinski definition) is 0. The monoisotopic (exact) mass is 516 g/mol. The molecular weight excluding hydrogens is 480 g/mol. The van der Waals surface area contributed by atoms with Crippen LogP contribution >= 0.6 is 0 Å². The van der Waals surface area contributed by atoms with Crippen LogP contribution in [-0.4, -0.2) is 19.2 Å². The van der Waals surface area contributed by atoms with Gasteiger partial charge in [-0.3, -0.25) is 0 Å². The lowest BCUT2D eigenvalue weighted by Gasteiger charge is -2.15. The van der Waals surface area contributed by atoms with Crippen LogP contribution in [0.4, 0.5) is 0 Å². The predicted octanol–water partition coefficient (Wildman–Crippen LogP) is 7.82. The van der Waals surface area contributed by atoms with E-state index >= 15 is 0 Å². The summed E-state index contributed by atoms with van der Waals surface area (Å²) in [5, 5.41) is 0.370. The fraction of sp³-hybridized carbons (Fsp3) is 0.312. The first-order valence-electron chi connectivity index (χ1n) is 13.0. The van der Waals surface area contributed by atoms with Crippen LogP contribution < -0.4 is 19.8 Å². The van der Waals surface area contributed by atoms with Crippen LogP contribution in [0.2, 0.25) is 0 Å². The Morgan fingerprint density at radius 1 is 0.895 bits per heavy atom. The number of ether oxygens (including phenoxy) is 3. The molecule has 0 unspecified atom stereocenters. The molecule has 0 radical (unpaired) electrons. The number of hydrogen-bond acceptors (Lipinski definition) is 6. The summed E-state index contributed by atoms with van der Waals surface area (Å²) in [6, 6.07) is 13.7. The molecule has 1 aromatic heterocycles. The van der Waals surface area contributed by atoms with Gasteiger partial charge in [0.1, 0.15) is 23.3 Å². The molecular formula is C32H36O6.